The molecule has 0 saturated carbocycles. The van der Waals surface area contributed by atoms with Gasteiger partial charge in [-0.25, -0.2) is 8.78 Å². The van der Waals surface area contributed by atoms with Gasteiger partial charge in [-0.1, -0.05) is 6.07 Å². The van der Waals surface area contributed by atoms with E-state index in [1.807, 2.05) is 0 Å². The first-order valence-corrected chi connectivity index (χ1v) is 5.88. The molecule has 0 radical (unpaired) electrons. The van der Waals surface area contributed by atoms with Gasteiger partial charge in [-0.05, 0) is 26.1 Å². The molecule has 0 aliphatic heterocycles. The number of nitrogens with one attached hydrogen (secondary N) is 1. The molecule has 6 heteroatoms. The van der Waals surface area contributed by atoms with Crippen molar-refractivity contribution >= 4 is 11.7 Å². The van der Waals surface area contributed by atoms with E-state index in [1.165, 1.54) is 18.0 Å². The Morgan fingerprint density at radius 1 is 1.21 bits per heavy atom. The highest BCUT2D eigenvalue weighted by atomic mass is 19.1. The first kappa shape index (κ1) is 15.2. The number of amides is 1. The second kappa shape index (κ2) is 6.94. The number of likely N-dealkylation sites (N-methyl/N-ethyl adjacent to an activating group) is 2. The second-order valence-corrected chi connectivity index (χ2v) is 4.15. The molecule has 1 amide bonds. The largest absolute Gasteiger partial charge is 0.355 e. The van der Waals surface area contributed by atoms with Crippen molar-refractivity contribution in [3.63, 3.8) is 0 Å². The molecule has 0 atom stereocenters. The van der Waals surface area contributed by atoms with Crippen LogP contribution in [0.3, 0.4) is 0 Å². The highest BCUT2D eigenvalue weighted by Crippen LogP contribution is 2.13. The predicted molar refractivity (Wildman–Crippen MR) is 66.9 cm³/mol. The average molecular weight is 270 g/mol. The zero-order chi connectivity index (χ0) is 14.4. The van der Waals surface area contributed by atoms with E-state index in [-0.39, 0.29) is 19.0 Å². The summed E-state index contributed by atoms with van der Waals surface area (Å²) >= 11 is 0. The van der Waals surface area contributed by atoms with Crippen molar-refractivity contribution in [2.45, 2.75) is 6.92 Å². The molecular weight excluding hydrogens is 254 g/mol. The molecule has 0 aliphatic carbocycles. The van der Waals surface area contributed by atoms with Crippen molar-refractivity contribution in [3.05, 3.63) is 35.4 Å². The van der Waals surface area contributed by atoms with Gasteiger partial charge >= 0.3 is 0 Å². The molecular formula is C13H16F2N2O2. The average Bonchev–Trinajstić information content (AvgIpc) is 2.28. The maximum atomic E-state index is 13.4. The van der Waals surface area contributed by atoms with Crippen LogP contribution in [-0.2, 0) is 4.79 Å². The molecule has 1 rings (SSSR count). The number of ketones is 1. The lowest BCUT2D eigenvalue weighted by molar-refractivity contribution is -0.121. The second-order valence-electron chi connectivity index (χ2n) is 4.15. The summed E-state index contributed by atoms with van der Waals surface area (Å²) in [6, 6.07) is 3.25. The van der Waals surface area contributed by atoms with Crippen LogP contribution in [0.1, 0.15) is 17.3 Å². The summed E-state index contributed by atoms with van der Waals surface area (Å²) in [4.78, 5) is 24.5. The first-order chi connectivity index (χ1) is 8.95. The van der Waals surface area contributed by atoms with Gasteiger partial charge in [0, 0.05) is 6.54 Å². The third-order valence-corrected chi connectivity index (χ3v) is 2.44. The monoisotopic (exact) mass is 270 g/mol. The molecule has 1 aromatic carbocycles. The lowest BCUT2D eigenvalue weighted by Gasteiger charge is -2.15. The van der Waals surface area contributed by atoms with E-state index >= 15 is 0 Å². The minimum atomic E-state index is -0.892. The van der Waals surface area contributed by atoms with Crippen LogP contribution in [0.5, 0.6) is 0 Å². The third-order valence-electron chi connectivity index (χ3n) is 2.44. The number of benzene rings is 1. The lowest BCUT2D eigenvalue weighted by atomic mass is 10.1. The summed E-state index contributed by atoms with van der Waals surface area (Å²) in [7, 11) is 1.53. The predicted octanol–water partition coefficient (Wildman–Crippen LogP) is 1.22. The van der Waals surface area contributed by atoms with Crippen LogP contribution in [0.25, 0.3) is 0 Å². The number of Topliss-reactive ketones (excluding diaryl/α,β-unsaturated/α-hetero) is 1. The van der Waals surface area contributed by atoms with Gasteiger partial charge in [0.25, 0.3) is 0 Å². The Morgan fingerprint density at radius 3 is 2.32 bits per heavy atom. The molecule has 0 spiro atoms. The third kappa shape index (κ3) is 4.40. The highest BCUT2D eigenvalue weighted by Gasteiger charge is 2.19. The van der Waals surface area contributed by atoms with Crippen molar-refractivity contribution < 1.29 is 18.4 Å². The standard InChI is InChI=1S/C13H16F2N2O2/c1-3-16-12(19)8-17(2)7-11(18)13-9(14)5-4-6-10(13)15/h4-6H,3,7-8H2,1-2H3,(H,16,19). The Labute approximate surface area is 110 Å². The Morgan fingerprint density at radius 2 is 1.79 bits per heavy atom. The molecule has 4 nitrogen and oxygen atoms in total. The molecule has 0 bridgehead atoms. The van der Waals surface area contributed by atoms with E-state index < -0.39 is 23.0 Å². The maximum Gasteiger partial charge on any atom is 0.234 e. The smallest absolute Gasteiger partial charge is 0.234 e. The molecule has 1 aromatic rings. The van der Waals surface area contributed by atoms with Gasteiger partial charge in [0.15, 0.2) is 5.78 Å². The normalized spacial score (nSPS) is 10.6. The molecule has 0 aromatic heterocycles. The first-order valence-electron chi connectivity index (χ1n) is 5.88. The number of halogens is 2. The Hall–Kier alpha value is -1.82. The quantitative estimate of drug-likeness (QED) is 0.791. The topological polar surface area (TPSA) is 49.4 Å². The Bertz CT molecular complexity index is 457. The fourth-order valence-corrected chi connectivity index (χ4v) is 1.64. The fraction of sp³-hybridized carbons (Fsp3) is 0.385. The molecule has 104 valence electrons. The zero-order valence-electron chi connectivity index (χ0n) is 10.9. The lowest BCUT2D eigenvalue weighted by Crippen LogP contribution is -2.37. The van der Waals surface area contributed by atoms with Crippen molar-refractivity contribution in [2.75, 3.05) is 26.7 Å². The van der Waals surface area contributed by atoms with Crippen molar-refractivity contribution in [2.24, 2.45) is 0 Å². The number of rotatable bonds is 6. The van der Waals surface area contributed by atoms with Gasteiger partial charge in [-0.2, -0.15) is 0 Å². The van der Waals surface area contributed by atoms with Crippen LogP contribution in [0.4, 0.5) is 8.78 Å². The number of carbonyl (C=O) groups excluding carboxylic acids is 2. The summed E-state index contributed by atoms with van der Waals surface area (Å²) in [5, 5.41) is 2.57. The van der Waals surface area contributed by atoms with Gasteiger partial charge in [0.2, 0.25) is 5.91 Å². The summed E-state index contributed by atoms with van der Waals surface area (Å²) in [6.45, 7) is 2.03. The minimum absolute atomic E-state index is 0.00431. The number of nitrogens with zero attached hydrogens (tertiary/aromatic N) is 1. The molecule has 0 heterocycles. The van der Waals surface area contributed by atoms with Crippen molar-refractivity contribution in [1.82, 2.24) is 10.2 Å². The van der Waals surface area contributed by atoms with Gasteiger partial charge in [0.05, 0.1) is 18.7 Å². The zero-order valence-corrected chi connectivity index (χ0v) is 10.9. The van der Waals surface area contributed by atoms with E-state index in [2.05, 4.69) is 5.32 Å². The molecule has 1 N–H and O–H groups in total. The van der Waals surface area contributed by atoms with Crippen LogP contribution < -0.4 is 5.32 Å². The summed E-state index contributed by atoms with van der Waals surface area (Å²) in [6.07, 6.45) is 0. The number of hydrogen-bond acceptors (Lipinski definition) is 3. The molecule has 0 unspecified atom stereocenters. The van der Waals surface area contributed by atoms with E-state index in [4.69, 9.17) is 0 Å². The van der Waals surface area contributed by atoms with Crippen LogP contribution in [0, 0.1) is 11.6 Å². The fourth-order valence-electron chi connectivity index (χ4n) is 1.64. The molecule has 0 fully saturated rings. The molecule has 0 saturated heterocycles. The van der Waals surface area contributed by atoms with Crippen molar-refractivity contribution in [1.29, 1.82) is 0 Å². The van der Waals surface area contributed by atoms with Crippen LogP contribution in [0.2, 0.25) is 0 Å². The van der Waals surface area contributed by atoms with Crippen molar-refractivity contribution in [3.8, 4) is 0 Å². The minimum Gasteiger partial charge on any atom is -0.355 e. The summed E-state index contributed by atoms with van der Waals surface area (Å²) in [5.41, 5.74) is -0.565. The molecule has 0 aliphatic rings. The van der Waals surface area contributed by atoms with Gasteiger partial charge in [-0.15, -0.1) is 0 Å². The van der Waals surface area contributed by atoms with Gasteiger partial charge < -0.3 is 5.32 Å². The Kier molecular flexibility index (Phi) is 5.57. The number of carbonyl (C=O) groups is 2. The summed E-state index contributed by atoms with van der Waals surface area (Å²) in [5.74, 6) is -2.72. The number of hydrogen-bond donors (Lipinski definition) is 1. The van der Waals surface area contributed by atoms with E-state index in [1.54, 1.807) is 6.92 Å². The van der Waals surface area contributed by atoms with E-state index in [0.717, 1.165) is 12.1 Å². The highest BCUT2D eigenvalue weighted by molar-refractivity contribution is 5.98. The van der Waals surface area contributed by atoms with Gasteiger partial charge in [0.1, 0.15) is 11.6 Å². The summed E-state index contributed by atoms with van der Waals surface area (Å²) < 4.78 is 26.8. The van der Waals surface area contributed by atoms with Crippen LogP contribution >= 0.6 is 0 Å². The Balaban J connectivity index is 2.67. The van der Waals surface area contributed by atoms with Crippen LogP contribution in [0.15, 0.2) is 18.2 Å². The van der Waals surface area contributed by atoms with E-state index in [9.17, 15) is 18.4 Å². The SMILES string of the molecule is CCNC(=O)CN(C)CC(=O)c1c(F)cccc1F. The molecule has 19 heavy (non-hydrogen) atoms. The van der Waals surface area contributed by atoms with E-state index in [0.29, 0.717) is 6.54 Å². The maximum absolute atomic E-state index is 13.4. The van der Waals surface area contributed by atoms with Crippen LogP contribution in [-0.4, -0.2) is 43.3 Å². The van der Waals surface area contributed by atoms with Gasteiger partial charge in [-0.3, -0.25) is 14.5 Å².